The summed E-state index contributed by atoms with van der Waals surface area (Å²) in [4.78, 5) is 0. The Bertz CT molecular complexity index is 278. The molecule has 0 aromatic carbocycles. The molecule has 2 rings (SSSR count). The molecule has 0 spiro atoms. The van der Waals surface area contributed by atoms with Gasteiger partial charge >= 0.3 is 0 Å². The lowest BCUT2D eigenvalue weighted by Gasteiger charge is -2.21. The molecular formula is C11H16N2O. The van der Waals surface area contributed by atoms with Crippen LogP contribution in [0.2, 0.25) is 0 Å². The van der Waals surface area contributed by atoms with Crippen LogP contribution in [0.25, 0.3) is 0 Å². The molecule has 14 heavy (non-hydrogen) atoms. The first-order valence-corrected chi connectivity index (χ1v) is 5.31. The molecule has 0 radical (unpaired) electrons. The van der Waals surface area contributed by atoms with Gasteiger partial charge in [-0.3, -0.25) is 0 Å². The van der Waals surface area contributed by atoms with Crippen LogP contribution < -0.4 is 4.74 Å². The van der Waals surface area contributed by atoms with Crippen LogP contribution in [0.3, 0.4) is 0 Å². The maximum Gasteiger partial charge on any atom is 0.233 e. The fourth-order valence-corrected chi connectivity index (χ4v) is 1.80. The minimum Gasteiger partial charge on any atom is -0.473 e. The summed E-state index contributed by atoms with van der Waals surface area (Å²) in [5, 5.41) is 7.97. The summed E-state index contributed by atoms with van der Waals surface area (Å²) in [6.07, 6.45) is 6.60. The molecule has 0 unspecified atom stereocenters. The van der Waals surface area contributed by atoms with Crippen LogP contribution in [0.4, 0.5) is 0 Å². The number of hydrogen-bond acceptors (Lipinski definition) is 3. The molecule has 0 amide bonds. The van der Waals surface area contributed by atoms with Crippen molar-refractivity contribution in [3.05, 3.63) is 17.8 Å². The first kappa shape index (κ1) is 9.44. The highest BCUT2D eigenvalue weighted by atomic mass is 16.5. The minimum atomic E-state index is 0.362. The van der Waals surface area contributed by atoms with Crippen molar-refractivity contribution < 1.29 is 4.74 Å². The molecule has 3 heteroatoms. The van der Waals surface area contributed by atoms with Crippen molar-refractivity contribution in [3.63, 3.8) is 0 Å². The molecule has 0 atom stereocenters. The lowest BCUT2D eigenvalue weighted by Crippen LogP contribution is -2.20. The van der Waals surface area contributed by atoms with Crippen molar-refractivity contribution >= 4 is 0 Å². The standard InChI is InChI=1S/C11H16N2O/c1-9-7-8-11(13-12-9)14-10-5-3-2-4-6-10/h7-8,10H,2-6H2,1H3. The molecule has 1 aromatic rings. The quantitative estimate of drug-likeness (QED) is 0.722. The second-order valence-electron chi connectivity index (χ2n) is 3.89. The van der Waals surface area contributed by atoms with Crippen LogP contribution in [0.5, 0.6) is 5.88 Å². The van der Waals surface area contributed by atoms with Crippen molar-refractivity contribution in [3.8, 4) is 5.88 Å². The van der Waals surface area contributed by atoms with E-state index >= 15 is 0 Å². The van der Waals surface area contributed by atoms with E-state index in [1.54, 1.807) is 0 Å². The Morgan fingerprint density at radius 3 is 2.57 bits per heavy atom. The zero-order valence-corrected chi connectivity index (χ0v) is 8.57. The van der Waals surface area contributed by atoms with Crippen molar-refractivity contribution in [1.82, 2.24) is 10.2 Å². The van der Waals surface area contributed by atoms with Gasteiger partial charge in [0.1, 0.15) is 6.10 Å². The molecule has 1 saturated carbocycles. The van der Waals surface area contributed by atoms with Crippen LogP contribution in [-0.4, -0.2) is 16.3 Å². The van der Waals surface area contributed by atoms with Gasteiger partial charge in [0.25, 0.3) is 0 Å². The van der Waals surface area contributed by atoms with Crippen LogP contribution >= 0.6 is 0 Å². The van der Waals surface area contributed by atoms with E-state index in [0.29, 0.717) is 12.0 Å². The van der Waals surface area contributed by atoms with Crippen LogP contribution in [0.1, 0.15) is 37.8 Å². The Kier molecular flexibility index (Phi) is 2.96. The third kappa shape index (κ3) is 2.44. The van der Waals surface area contributed by atoms with Gasteiger partial charge in [-0.15, -0.1) is 5.10 Å². The number of rotatable bonds is 2. The summed E-state index contributed by atoms with van der Waals surface area (Å²) in [7, 11) is 0. The molecule has 3 nitrogen and oxygen atoms in total. The zero-order chi connectivity index (χ0) is 9.80. The highest BCUT2D eigenvalue weighted by Crippen LogP contribution is 2.21. The van der Waals surface area contributed by atoms with E-state index in [1.807, 2.05) is 19.1 Å². The Hall–Kier alpha value is -1.12. The lowest BCUT2D eigenvalue weighted by atomic mass is 9.98. The second kappa shape index (κ2) is 4.40. The highest BCUT2D eigenvalue weighted by molar-refractivity contribution is 5.10. The molecule has 0 bridgehead atoms. The maximum absolute atomic E-state index is 5.74. The summed E-state index contributed by atoms with van der Waals surface area (Å²) in [6.45, 7) is 1.93. The molecule has 0 saturated heterocycles. The topological polar surface area (TPSA) is 35.0 Å². The van der Waals surface area contributed by atoms with E-state index < -0.39 is 0 Å². The fourth-order valence-electron chi connectivity index (χ4n) is 1.80. The molecule has 0 N–H and O–H groups in total. The Morgan fingerprint density at radius 2 is 1.93 bits per heavy atom. The van der Waals surface area contributed by atoms with Crippen LogP contribution in [0, 0.1) is 6.92 Å². The van der Waals surface area contributed by atoms with E-state index in [1.165, 1.54) is 19.3 Å². The smallest absolute Gasteiger partial charge is 0.233 e. The largest absolute Gasteiger partial charge is 0.473 e. The highest BCUT2D eigenvalue weighted by Gasteiger charge is 2.15. The molecular weight excluding hydrogens is 176 g/mol. The van der Waals surface area contributed by atoms with Gasteiger partial charge in [-0.25, -0.2) is 0 Å². The van der Waals surface area contributed by atoms with Gasteiger partial charge in [0, 0.05) is 6.07 Å². The first-order chi connectivity index (χ1) is 6.84. The zero-order valence-electron chi connectivity index (χ0n) is 8.57. The SMILES string of the molecule is Cc1ccc(OC2CCCCC2)nn1. The minimum absolute atomic E-state index is 0.362. The molecule has 0 aliphatic heterocycles. The number of hydrogen-bond donors (Lipinski definition) is 0. The van der Waals surface area contributed by atoms with Gasteiger partial charge in [-0.1, -0.05) is 6.42 Å². The van der Waals surface area contributed by atoms with Crippen LogP contribution in [0.15, 0.2) is 12.1 Å². The summed E-state index contributed by atoms with van der Waals surface area (Å²) in [5.41, 5.74) is 0.931. The van der Waals surface area contributed by atoms with Crippen molar-refractivity contribution in [2.24, 2.45) is 0 Å². The van der Waals surface area contributed by atoms with E-state index in [4.69, 9.17) is 4.74 Å². The lowest BCUT2D eigenvalue weighted by molar-refractivity contribution is 0.147. The summed E-state index contributed by atoms with van der Waals surface area (Å²) >= 11 is 0. The van der Waals surface area contributed by atoms with Gasteiger partial charge in [0.15, 0.2) is 0 Å². The number of aromatic nitrogens is 2. The monoisotopic (exact) mass is 192 g/mol. The van der Waals surface area contributed by atoms with Crippen molar-refractivity contribution in [1.29, 1.82) is 0 Å². The molecule has 1 aliphatic carbocycles. The predicted octanol–water partition coefficient (Wildman–Crippen LogP) is 2.50. The van der Waals surface area contributed by atoms with Gasteiger partial charge in [0.05, 0.1) is 5.69 Å². The van der Waals surface area contributed by atoms with Gasteiger partial charge in [0.2, 0.25) is 5.88 Å². The third-order valence-electron chi connectivity index (χ3n) is 2.61. The van der Waals surface area contributed by atoms with Gasteiger partial charge < -0.3 is 4.74 Å². The van der Waals surface area contributed by atoms with E-state index in [9.17, 15) is 0 Å². The third-order valence-corrected chi connectivity index (χ3v) is 2.61. The van der Waals surface area contributed by atoms with Crippen molar-refractivity contribution in [2.75, 3.05) is 0 Å². The summed E-state index contributed by atoms with van der Waals surface area (Å²) in [5.74, 6) is 0.669. The van der Waals surface area contributed by atoms with Crippen molar-refractivity contribution in [2.45, 2.75) is 45.1 Å². The Balaban J connectivity index is 1.92. The molecule has 1 aromatic heterocycles. The van der Waals surface area contributed by atoms with E-state index in [0.717, 1.165) is 18.5 Å². The van der Waals surface area contributed by atoms with E-state index in [-0.39, 0.29) is 0 Å². The summed E-state index contributed by atoms with van der Waals surface area (Å²) in [6, 6.07) is 3.84. The summed E-state index contributed by atoms with van der Waals surface area (Å²) < 4.78 is 5.74. The average Bonchev–Trinajstić information content (AvgIpc) is 2.23. The molecule has 1 heterocycles. The second-order valence-corrected chi connectivity index (χ2v) is 3.89. The number of ether oxygens (including phenoxy) is 1. The Morgan fingerprint density at radius 1 is 1.14 bits per heavy atom. The van der Waals surface area contributed by atoms with Gasteiger partial charge in [-0.2, -0.15) is 5.10 Å². The average molecular weight is 192 g/mol. The molecule has 1 aliphatic rings. The maximum atomic E-state index is 5.74. The fraction of sp³-hybridized carbons (Fsp3) is 0.636. The van der Waals surface area contributed by atoms with Crippen LogP contribution in [-0.2, 0) is 0 Å². The molecule has 1 fully saturated rings. The molecule has 76 valence electrons. The number of aryl methyl sites for hydroxylation is 1. The first-order valence-electron chi connectivity index (χ1n) is 5.31. The van der Waals surface area contributed by atoms with E-state index in [2.05, 4.69) is 10.2 Å². The predicted molar refractivity (Wildman–Crippen MR) is 54.3 cm³/mol. The van der Waals surface area contributed by atoms with Gasteiger partial charge in [-0.05, 0) is 38.7 Å². The Labute approximate surface area is 84.5 Å². The number of nitrogens with zero attached hydrogens (tertiary/aromatic N) is 2. The normalized spacial score (nSPS) is 18.1.